The zero-order chi connectivity index (χ0) is 23.1. The number of nitrogens with one attached hydrogen (secondary N) is 1. The number of aromatic nitrogens is 3. The Morgan fingerprint density at radius 3 is 2.41 bits per heavy atom. The van der Waals surface area contributed by atoms with Crippen LogP contribution in [0.15, 0.2) is 76.9 Å². The van der Waals surface area contributed by atoms with Crippen molar-refractivity contribution in [3.05, 3.63) is 88.7 Å². The first-order valence-electron chi connectivity index (χ1n) is 10.2. The zero-order valence-electron chi connectivity index (χ0n) is 18.0. The molecule has 3 aromatic rings. The fourth-order valence-electron chi connectivity index (χ4n) is 3.13. The second-order valence-electron chi connectivity index (χ2n) is 7.52. The van der Waals surface area contributed by atoms with Gasteiger partial charge in [0.2, 0.25) is 0 Å². The number of ketones is 1. The molecule has 1 atom stereocenters. The van der Waals surface area contributed by atoms with Gasteiger partial charge in [-0.25, -0.2) is 0 Å². The van der Waals surface area contributed by atoms with E-state index in [0.717, 1.165) is 4.47 Å². The lowest BCUT2D eigenvalue weighted by Crippen LogP contribution is -2.33. The van der Waals surface area contributed by atoms with E-state index in [1.807, 2.05) is 48.7 Å². The molecule has 32 heavy (non-hydrogen) atoms. The standard InChI is InChI=1S/C24H25BrN4O2S/c1-4-14-29-22(21(16(2)3)26-23(31)18-8-6-5-7-9-18)27-28-24(29)32-15-20(30)17-10-12-19(25)13-11-17/h4-13,16,21H,1,14-15H2,2-3H3,(H,26,31)/t21-/m0/s1. The van der Waals surface area contributed by atoms with Crippen LogP contribution in [0.4, 0.5) is 0 Å². The Hall–Kier alpha value is -2.71. The summed E-state index contributed by atoms with van der Waals surface area (Å²) in [5.74, 6) is 0.798. The highest BCUT2D eigenvalue weighted by Gasteiger charge is 2.26. The third-order valence-corrected chi connectivity index (χ3v) is 6.32. The molecule has 1 aromatic heterocycles. The van der Waals surface area contributed by atoms with Crippen LogP contribution in [0.3, 0.4) is 0 Å². The molecule has 1 heterocycles. The van der Waals surface area contributed by atoms with Crippen molar-refractivity contribution in [1.29, 1.82) is 0 Å². The largest absolute Gasteiger partial charge is 0.342 e. The van der Waals surface area contributed by atoms with Crippen LogP contribution in [-0.2, 0) is 6.54 Å². The van der Waals surface area contributed by atoms with Gasteiger partial charge < -0.3 is 9.88 Å². The fourth-order valence-corrected chi connectivity index (χ4v) is 4.24. The number of thioether (sulfide) groups is 1. The Labute approximate surface area is 200 Å². The lowest BCUT2D eigenvalue weighted by atomic mass is 10.0. The molecule has 166 valence electrons. The molecule has 0 aliphatic carbocycles. The summed E-state index contributed by atoms with van der Waals surface area (Å²) in [6.07, 6.45) is 1.75. The molecule has 0 radical (unpaired) electrons. The lowest BCUT2D eigenvalue weighted by Gasteiger charge is -2.22. The van der Waals surface area contributed by atoms with Crippen LogP contribution in [0.1, 0.15) is 46.4 Å². The van der Waals surface area contributed by atoms with Crippen molar-refractivity contribution in [1.82, 2.24) is 20.1 Å². The second-order valence-corrected chi connectivity index (χ2v) is 9.38. The summed E-state index contributed by atoms with van der Waals surface area (Å²) in [4.78, 5) is 25.3. The second kappa shape index (κ2) is 11.2. The number of allylic oxidation sites excluding steroid dienone is 1. The molecule has 1 N–H and O–H groups in total. The van der Waals surface area contributed by atoms with Crippen molar-refractivity contribution in [2.24, 2.45) is 5.92 Å². The molecule has 0 fully saturated rings. The first kappa shape index (κ1) is 23.9. The van der Waals surface area contributed by atoms with Crippen molar-refractivity contribution in [3.63, 3.8) is 0 Å². The summed E-state index contributed by atoms with van der Waals surface area (Å²) in [7, 11) is 0. The van der Waals surface area contributed by atoms with Gasteiger partial charge in [-0.1, -0.05) is 77.9 Å². The lowest BCUT2D eigenvalue weighted by molar-refractivity contribution is 0.0921. The molecule has 0 unspecified atom stereocenters. The predicted molar refractivity (Wildman–Crippen MR) is 131 cm³/mol. The van der Waals surface area contributed by atoms with Crippen LogP contribution >= 0.6 is 27.7 Å². The van der Waals surface area contributed by atoms with Gasteiger partial charge in [-0.05, 0) is 30.2 Å². The number of carbonyl (C=O) groups excluding carboxylic acids is 2. The van der Waals surface area contributed by atoms with Gasteiger partial charge in [-0.15, -0.1) is 16.8 Å². The zero-order valence-corrected chi connectivity index (χ0v) is 20.4. The van der Waals surface area contributed by atoms with Gasteiger partial charge in [0, 0.05) is 22.1 Å². The first-order chi connectivity index (χ1) is 15.4. The SMILES string of the molecule is C=CCn1c(SCC(=O)c2ccc(Br)cc2)nnc1[C@@H](NC(=O)c1ccccc1)C(C)C. The Morgan fingerprint density at radius 1 is 1.09 bits per heavy atom. The topological polar surface area (TPSA) is 76.9 Å². The van der Waals surface area contributed by atoms with Crippen LogP contribution in [0.2, 0.25) is 0 Å². The van der Waals surface area contributed by atoms with E-state index in [4.69, 9.17) is 0 Å². The van der Waals surface area contributed by atoms with Crippen molar-refractivity contribution >= 4 is 39.4 Å². The van der Waals surface area contributed by atoms with E-state index in [1.165, 1.54) is 11.8 Å². The Morgan fingerprint density at radius 2 is 1.78 bits per heavy atom. The molecule has 0 saturated heterocycles. The van der Waals surface area contributed by atoms with E-state index in [2.05, 4.69) is 38.0 Å². The summed E-state index contributed by atoms with van der Waals surface area (Å²) < 4.78 is 2.83. The van der Waals surface area contributed by atoms with Gasteiger partial charge in [-0.2, -0.15) is 0 Å². The number of benzene rings is 2. The van der Waals surface area contributed by atoms with E-state index in [0.29, 0.717) is 28.7 Å². The van der Waals surface area contributed by atoms with Gasteiger partial charge in [0.1, 0.15) is 0 Å². The minimum absolute atomic E-state index is 0.00925. The smallest absolute Gasteiger partial charge is 0.251 e. The maximum atomic E-state index is 12.8. The minimum atomic E-state index is -0.341. The number of hydrogen-bond donors (Lipinski definition) is 1. The fraction of sp³-hybridized carbons (Fsp3) is 0.250. The maximum absolute atomic E-state index is 12.8. The van der Waals surface area contributed by atoms with E-state index in [-0.39, 0.29) is 29.4 Å². The van der Waals surface area contributed by atoms with Crippen LogP contribution in [0.5, 0.6) is 0 Å². The van der Waals surface area contributed by atoms with Crippen molar-refractivity contribution in [2.75, 3.05) is 5.75 Å². The first-order valence-corrected chi connectivity index (χ1v) is 12.0. The van der Waals surface area contributed by atoms with E-state index < -0.39 is 0 Å². The molecule has 0 aliphatic heterocycles. The Kier molecular flexibility index (Phi) is 8.41. The van der Waals surface area contributed by atoms with Gasteiger partial charge in [0.05, 0.1) is 11.8 Å². The number of halogens is 1. The molecule has 1 amide bonds. The van der Waals surface area contributed by atoms with E-state index >= 15 is 0 Å². The monoisotopic (exact) mass is 512 g/mol. The molecule has 0 saturated carbocycles. The highest BCUT2D eigenvalue weighted by atomic mass is 79.9. The summed E-state index contributed by atoms with van der Waals surface area (Å²) >= 11 is 4.71. The van der Waals surface area contributed by atoms with Crippen LogP contribution in [0, 0.1) is 5.92 Å². The number of hydrogen-bond acceptors (Lipinski definition) is 5. The van der Waals surface area contributed by atoms with Crippen LogP contribution in [0.25, 0.3) is 0 Å². The Balaban J connectivity index is 1.79. The van der Waals surface area contributed by atoms with E-state index in [9.17, 15) is 9.59 Å². The third-order valence-electron chi connectivity index (χ3n) is 4.82. The van der Waals surface area contributed by atoms with Gasteiger partial charge in [-0.3, -0.25) is 9.59 Å². The number of Topliss-reactive ketones (excluding diaryl/α,β-unsaturated/α-hetero) is 1. The number of nitrogens with zero attached hydrogens (tertiary/aromatic N) is 3. The average molecular weight is 513 g/mol. The summed E-state index contributed by atoms with van der Waals surface area (Å²) in [6.45, 7) is 8.35. The Bertz CT molecular complexity index is 1080. The molecular formula is C24H25BrN4O2S. The third kappa shape index (κ3) is 5.95. The van der Waals surface area contributed by atoms with Gasteiger partial charge >= 0.3 is 0 Å². The average Bonchev–Trinajstić information content (AvgIpc) is 3.19. The summed E-state index contributed by atoms with van der Waals surface area (Å²) in [5, 5.41) is 12.4. The maximum Gasteiger partial charge on any atom is 0.251 e. The van der Waals surface area contributed by atoms with Gasteiger partial charge in [0.25, 0.3) is 5.91 Å². The minimum Gasteiger partial charge on any atom is -0.342 e. The van der Waals surface area contributed by atoms with Crippen molar-refractivity contribution < 1.29 is 9.59 Å². The molecule has 0 bridgehead atoms. The molecule has 2 aromatic carbocycles. The molecule has 6 nitrogen and oxygen atoms in total. The molecular weight excluding hydrogens is 488 g/mol. The highest BCUT2D eigenvalue weighted by Crippen LogP contribution is 2.26. The summed E-state index contributed by atoms with van der Waals surface area (Å²) in [6, 6.07) is 16.0. The molecule has 0 aliphatic rings. The van der Waals surface area contributed by atoms with Gasteiger partial charge in [0.15, 0.2) is 16.8 Å². The number of amides is 1. The normalized spacial score (nSPS) is 11.9. The predicted octanol–water partition coefficient (Wildman–Crippen LogP) is 5.33. The van der Waals surface area contributed by atoms with Crippen LogP contribution < -0.4 is 5.32 Å². The van der Waals surface area contributed by atoms with Crippen molar-refractivity contribution in [3.8, 4) is 0 Å². The number of carbonyl (C=O) groups is 2. The van der Waals surface area contributed by atoms with Crippen LogP contribution in [-0.4, -0.2) is 32.2 Å². The molecule has 3 rings (SSSR count). The number of rotatable bonds is 10. The molecule has 8 heteroatoms. The van der Waals surface area contributed by atoms with Crippen molar-refractivity contribution in [2.45, 2.75) is 31.6 Å². The summed E-state index contributed by atoms with van der Waals surface area (Å²) in [5.41, 5.74) is 1.23. The van der Waals surface area contributed by atoms with E-state index in [1.54, 1.807) is 30.3 Å². The quantitative estimate of drug-likeness (QED) is 0.225. The molecule has 0 spiro atoms. The highest BCUT2D eigenvalue weighted by molar-refractivity contribution is 9.10.